The normalized spacial score (nSPS) is 10.5. The van der Waals surface area contributed by atoms with Crippen molar-refractivity contribution in [3.05, 3.63) is 22.2 Å². The first-order valence-electron chi connectivity index (χ1n) is 3.96. The van der Waals surface area contributed by atoms with E-state index in [0.717, 1.165) is 0 Å². The highest BCUT2D eigenvalue weighted by Gasteiger charge is 2.13. The van der Waals surface area contributed by atoms with Crippen LogP contribution >= 0.6 is 15.9 Å². The lowest BCUT2D eigenvalue weighted by molar-refractivity contribution is -0.0498. The summed E-state index contributed by atoms with van der Waals surface area (Å²) in [5.41, 5.74) is 5.89. The molecule has 0 atom stereocenters. The van der Waals surface area contributed by atoms with Crippen LogP contribution in [0.25, 0.3) is 0 Å². The van der Waals surface area contributed by atoms with Crippen molar-refractivity contribution in [3.63, 3.8) is 0 Å². The molecule has 0 heterocycles. The zero-order valence-corrected chi connectivity index (χ0v) is 9.35. The summed E-state index contributed by atoms with van der Waals surface area (Å²) < 4.78 is 28.3. The van der Waals surface area contributed by atoms with Gasteiger partial charge >= 0.3 is 6.61 Å². The van der Waals surface area contributed by atoms with Crippen LogP contribution in [-0.4, -0.2) is 12.4 Å². The van der Waals surface area contributed by atoms with Crippen LogP contribution in [0.15, 0.2) is 16.6 Å². The van der Waals surface area contributed by atoms with Crippen molar-refractivity contribution in [1.29, 1.82) is 0 Å². The van der Waals surface area contributed by atoms with Crippen LogP contribution in [0, 0.1) is 0 Å². The molecule has 1 rings (SSSR count). The fraction of sp³-hybridized carbons (Fsp3) is 0.222. The highest BCUT2D eigenvalue weighted by Crippen LogP contribution is 2.30. The van der Waals surface area contributed by atoms with E-state index in [0.29, 0.717) is 4.47 Å². The molecule has 15 heavy (non-hydrogen) atoms. The summed E-state index contributed by atoms with van der Waals surface area (Å²) >= 11 is 3.06. The van der Waals surface area contributed by atoms with Crippen LogP contribution in [0.2, 0.25) is 0 Å². The van der Waals surface area contributed by atoms with Gasteiger partial charge in [0, 0.05) is 16.2 Å². The predicted octanol–water partition coefficient (Wildman–Crippen LogP) is 2.84. The van der Waals surface area contributed by atoms with Gasteiger partial charge in [0.15, 0.2) is 5.78 Å². The number of nitrogens with two attached hydrogens (primary N) is 1. The van der Waals surface area contributed by atoms with E-state index in [1.807, 2.05) is 0 Å². The van der Waals surface area contributed by atoms with Crippen molar-refractivity contribution in [2.75, 3.05) is 5.73 Å². The molecule has 6 heteroatoms. The molecule has 82 valence electrons. The Morgan fingerprint density at radius 1 is 1.53 bits per heavy atom. The van der Waals surface area contributed by atoms with Gasteiger partial charge in [-0.25, -0.2) is 0 Å². The maximum Gasteiger partial charge on any atom is 0.387 e. The number of rotatable bonds is 3. The highest BCUT2D eigenvalue weighted by atomic mass is 79.9. The molecule has 0 aromatic heterocycles. The Balaban J connectivity index is 3.14. The Kier molecular flexibility index (Phi) is 3.62. The average Bonchev–Trinajstić information content (AvgIpc) is 1.99. The lowest BCUT2D eigenvalue weighted by Crippen LogP contribution is -2.05. The van der Waals surface area contributed by atoms with Crippen molar-refractivity contribution < 1.29 is 18.3 Å². The first-order valence-corrected chi connectivity index (χ1v) is 4.76. The summed E-state index contributed by atoms with van der Waals surface area (Å²) in [5.74, 6) is -0.331. The predicted molar refractivity (Wildman–Crippen MR) is 55.2 cm³/mol. The zero-order valence-electron chi connectivity index (χ0n) is 7.76. The number of carbonyl (C=O) groups excluding carboxylic acids is 1. The van der Waals surface area contributed by atoms with Crippen molar-refractivity contribution in [1.82, 2.24) is 0 Å². The van der Waals surface area contributed by atoms with Crippen molar-refractivity contribution in [2.24, 2.45) is 0 Å². The molecule has 0 unspecified atom stereocenters. The Morgan fingerprint density at radius 3 is 2.53 bits per heavy atom. The Morgan fingerprint density at radius 2 is 2.13 bits per heavy atom. The fourth-order valence-electron chi connectivity index (χ4n) is 1.14. The van der Waals surface area contributed by atoms with Crippen LogP contribution in [-0.2, 0) is 0 Å². The number of anilines is 1. The maximum absolute atomic E-state index is 11.9. The molecule has 0 saturated carbocycles. The third-order valence-electron chi connectivity index (χ3n) is 1.67. The fourth-order valence-corrected chi connectivity index (χ4v) is 1.88. The maximum atomic E-state index is 11.9. The zero-order chi connectivity index (χ0) is 11.6. The van der Waals surface area contributed by atoms with Gasteiger partial charge in [-0.3, -0.25) is 4.79 Å². The third-order valence-corrected chi connectivity index (χ3v) is 2.30. The Bertz CT molecular complexity index is 373. The molecule has 0 aliphatic rings. The number of hydrogen-bond donors (Lipinski definition) is 1. The number of benzene rings is 1. The minimum Gasteiger partial charge on any atom is -0.435 e. The van der Waals surface area contributed by atoms with Gasteiger partial charge in [0.25, 0.3) is 0 Å². The SMILES string of the molecule is CC(=O)c1c(N)cc(OC(F)F)cc1Br. The lowest BCUT2D eigenvalue weighted by Gasteiger charge is -2.09. The number of alkyl halides is 2. The second kappa shape index (κ2) is 4.57. The van der Waals surface area contributed by atoms with E-state index < -0.39 is 6.61 Å². The van der Waals surface area contributed by atoms with Crippen LogP contribution in [0.1, 0.15) is 17.3 Å². The van der Waals surface area contributed by atoms with Gasteiger partial charge in [0.2, 0.25) is 0 Å². The summed E-state index contributed by atoms with van der Waals surface area (Å²) in [6.45, 7) is -1.58. The summed E-state index contributed by atoms with van der Waals surface area (Å²) in [7, 11) is 0. The van der Waals surface area contributed by atoms with Crippen molar-refractivity contribution in [2.45, 2.75) is 13.5 Å². The number of halogens is 3. The van der Waals surface area contributed by atoms with Gasteiger partial charge in [-0.05, 0) is 28.9 Å². The molecule has 3 nitrogen and oxygen atoms in total. The Hall–Kier alpha value is -1.17. The van der Waals surface area contributed by atoms with Gasteiger partial charge in [-0.15, -0.1) is 0 Å². The second-order valence-electron chi connectivity index (χ2n) is 2.80. The molecule has 0 radical (unpaired) electrons. The monoisotopic (exact) mass is 279 g/mol. The van der Waals surface area contributed by atoms with Gasteiger partial charge < -0.3 is 10.5 Å². The molecule has 0 bridgehead atoms. The Labute approximate surface area is 93.3 Å². The van der Waals surface area contributed by atoms with Gasteiger partial charge in [0.1, 0.15) is 5.75 Å². The minimum atomic E-state index is -2.92. The highest BCUT2D eigenvalue weighted by molar-refractivity contribution is 9.10. The number of carbonyl (C=O) groups is 1. The number of hydrogen-bond acceptors (Lipinski definition) is 3. The molecule has 1 aromatic carbocycles. The summed E-state index contributed by atoms with van der Waals surface area (Å²) in [4.78, 5) is 11.1. The largest absolute Gasteiger partial charge is 0.435 e. The standard InChI is InChI=1S/C9H8BrF2NO2/c1-4(14)8-6(10)2-5(3-7(8)13)15-9(11)12/h2-3,9H,13H2,1H3. The topological polar surface area (TPSA) is 52.3 Å². The molecular weight excluding hydrogens is 272 g/mol. The van der Waals surface area contributed by atoms with Crippen LogP contribution in [0.5, 0.6) is 5.75 Å². The number of nitrogen functional groups attached to an aromatic ring is 1. The number of Topliss-reactive ketones (excluding diaryl/α,β-unsaturated/α-hetero) is 1. The van der Waals surface area contributed by atoms with Crippen LogP contribution in [0.3, 0.4) is 0 Å². The number of ketones is 1. The molecule has 0 aliphatic heterocycles. The van der Waals surface area contributed by atoms with Crippen LogP contribution in [0.4, 0.5) is 14.5 Å². The van der Waals surface area contributed by atoms with E-state index in [1.54, 1.807) is 0 Å². The van der Waals surface area contributed by atoms with E-state index in [4.69, 9.17) is 5.73 Å². The lowest BCUT2D eigenvalue weighted by atomic mass is 10.1. The van der Waals surface area contributed by atoms with Gasteiger partial charge in [0.05, 0.1) is 5.56 Å². The molecule has 0 spiro atoms. The van der Waals surface area contributed by atoms with Gasteiger partial charge in [-0.2, -0.15) is 8.78 Å². The van der Waals surface area contributed by atoms with E-state index in [-0.39, 0.29) is 22.8 Å². The smallest absolute Gasteiger partial charge is 0.387 e. The number of ether oxygens (including phenoxy) is 1. The van der Waals surface area contributed by atoms with Gasteiger partial charge in [-0.1, -0.05) is 0 Å². The molecule has 1 aromatic rings. The molecular formula is C9H8BrF2NO2. The summed E-state index contributed by atoms with van der Waals surface area (Å²) in [6, 6.07) is 2.47. The van der Waals surface area contributed by atoms with Crippen molar-refractivity contribution in [3.8, 4) is 5.75 Å². The quantitative estimate of drug-likeness (QED) is 0.684. The summed E-state index contributed by atoms with van der Waals surface area (Å²) in [6.07, 6.45) is 0. The molecule has 2 N–H and O–H groups in total. The molecule has 0 aliphatic carbocycles. The van der Waals surface area contributed by atoms with Crippen LogP contribution < -0.4 is 10.5 Å². The van der Waals surface area contributed by atoms with E-state index in [2.05, 4.69) is 20.7 Å². The third kappa shape index (κ3) is 2.89. The van der Waals surface area contributed by atoms with Crippen molar-refractivity contribution >= 4 is 27.4 Å². The first kappa shape index (κ1) is 11.9. The van der Waals surface area contributed by atoms with E-state index in [9.17, 15) is 13.6 Å². The van der Waals surface area contributed by atoms with E-state index in [1.165, 1.54) is 19.1 Å². The summed E-state index contributed by atoms with van der Waals surface area (Å²) in [5, 5.41) is 0. The second-order valence-corrected chi connectivity index (χ2v) is 3.66. The molecule has 0 saturated heterocycles. The molecule has 0 amide bonds. The average molecular weight is 280 g/mol. The molecule has 0 fully saturated rings. The van der Waals surface area contributed by atoms with E-state index >= 15 is 0 Å². The minimum absolute atomic E-state index is 0.0839. The first-order chi connectivity index (χ1) is 6.91.